The monoisotopic (exact) mass is 277 g/mol. The molecule has 0 saturated heterocycles. The van der Waals surface area contributed by atoms with Crippen molar-refractivity contribution in [1.29, 1.82) is 0 Å². The summed E-state index contributed by atoms with van der Waals surface area (Å²) in [5, 5.41) is 6.17. The number of carbonyl (C=O) groups excluding carboxylic acids is 1. The number of amides is 2. The maximum absolute atomic E-state index is 12.2. The van der Waals surface area contributed by atoms with Crippen molar-refractivity contribution >= 4 is 11.7 Å². The first-order chi connectivity index (χ1) is 9.53. The third kappa shape index (κ3) is 4.23. The van der Waals surface area contributed by atoms with Crippen molar-refractivity contribution in [3.8, 4) is 0 Å². The second kappa shape index (κ2) is 7.90. The van der Waals surface area contributed by atoms with Gasteiger partial charge in [-0.2, -0.15) is 0 Å². The van der Waals surface area contributed by atoms with Crippen LogP contribution in [0.1, 0.15) is 45.2 Å². The van der Waals surface area contributed by atoms with Crippen LogP contribution in [0.5, 0.6) is 0 Å². The van der Waals surface area contributed by atoms with Crippen LogP contribution in [0.15, 0.2) is 24.3 Å². The lowest BCUT2D eigenvalue weighted by Crippen LogP contribution is -2.39. The van der Waals surface area contributed by atoms with E-state index in [1.54, 1.807) is 4.90 Å². The zero-order valence-corrected chi connectivity index (χ0v) is 13.2. The molecule has 4 heteroatoms. The normalized spacial score (nSPS) is 12.3. The zero-order valence-electron chi connectivity index (χ0n) is 13.2. The Bertz CT molecular complexity index is 429. The van der Waals surface area contributed by atoms with Gasteiger partial charge in [0.25, 0.3) is 0 Å². The van der Waals surface area contributed by atoms with Crippen molar-refractivity contribution < 1.29 is 4.79 Å². The van der Waals surface area contributed by atoms with Gasteiger partial charge in [0.1, 0.15) is 0 Å². The molecule has 1 aromatic carbocycles. The van der Waals surface area contributed by atoms with Gasteiger partial charge in [-0.25, -0.2) is 4.79 Å². The number of urea groups is 1. The lowest BCUT2D eigenvalue weighted by atomic mass is 10.1. The van der Waals surface area contributed by atoms with E-state index < -0.39 is 0 Å². The van der Waals surface area contributed by atoms with E-state index in [4.69, 9.17) is 0 Å². The van der Waals surface area contributed by atoms with Crippen LogP contribution in [-0.2, 0) is 0 Å². The van der Waals surface area contributed by atoms with Gasteiger partial charge in [0.05, 0.1) is 0 Å². The van der Waals surface area contributed by atoms with Crippen LogP contribution in [0.25, 0.3) is 0 Å². The predicted molar refractivity (Wildman–Crippen MR) is 85.1 cm³/mol. The Balaban J connectivity index is 2.75. The highest BCUT2D eigenvalue weighted by Crippen LogP contribution is 2.18. The summed E-state index contributed by atoms with van der Waals surface area (Å²) in [6.45, 7) is 6.30. The molecule has 0 radical (unpaired) electrons. The van der Waals surface area contributed by atoms with Gasteiger partial charge in [-0.3, -0.25) is 0 Å². The van der Waals surface area contributed by atoms with E-state index in [9.17, 15) is 4.79 Å². The van der Waals surface area contributed by atoms with E-state index in [0.717, 1.165) is 24.1 Å². The van der Waals surface area contributed by atoms with Crippen LogP contribution >= 0.6 is 0 Å². The second-order valence-electron chi connectivity index (χ2n) is 5.15. The molecule has 20 heavy (non-hydrogen) atoms. The molecule has 0 aliphatic rings. The summed E-state index contributed by atoms with van der Waals surface area (Å²) in [6, 6.07) is 8.47. The van der Waals surface area contributed by atoms with Crippen LogP contribution in [0.4, 0.5) is 10.5 Å². The molecule has 0 saturated carbocycles. The van der Waals surface area contributed by atoms with Gasteiger partial charge in [0, 0.05) is 24.8 Å². The molecule has 2 amide bonds. The highest BCUT2D eigenvalue weighted by atomic mass is 16.2. The van der Waals surface area contributed by atoms with Crippen molar-refractivity contribution in [3.63, 3.8) is 0 Å². The van der Waals surface area contributed by atoms with Gasteiger partial charge in [0.15, 0.2) is 0 Å². The summed E-state index contributed by atoms with van der Waals surface area (Å²) in [6.07, 6.45) is 1.94. The summed E-state index contributed by atoms with van der Waals surface area (Å²) < 4.78 is 0. The highest BCUT2D eigenvalue weighted by molar-refractivity contribution is 5.89. The average Bonchev–Trinajstić information content (AvgIpc) is 2.47. The Hall–Kier alpha value is -1.55. The average molecular weight is 277 g/mol. The van der Waals surface area contributed by atoms with Crippen LogP contribution in [0.2, 0.25) is 0 Å². The third-order valence-electron chi connectivity index (χ3n) is 3.88. The summed E-state index contributed by atoms with van der Waals surface area (Å²) in [7, 11) is 3.78. The first kappa shape index (κ1) is 16.5. The minimum Gasteiger partial charge on any atom is -0.325 e. The number of nitrogens with one attached hydrogen (secondary N) is 2. The first-order valence-corrected chi connectivity index (χ1v) is 7.34. The predicted octanol–water partition coefficient (Wildman–Crippen LogP) is 3.62. The number of carbonyl (C=O) groups is 1. The Labute approximate surface area is 122 Å². The number of hydrogen-bond donors (Lipinski definition) is 2. The Morgan fingerprint density at radius 3 is 2.50 bits per heavy atom. The fourth-order valence-corrected chi connectivity index (χ4v) is 2.27. The Morgan fingerprint density at radius 2 is 1.95 bits per heavy atom. The van der Waals surface area contributed by atoms with Gasteiger partial charge in [-0.15, -0.1) is 0 Å². The molecule has 1 aromatic rings. The third-order valence-corrected chi connectivity index (χ3v) is 3.88. The first-order valence-electron chi connectivity index (χ1n) is 7.34. The molecule has 1 rings (SSSR count). The largest absolute Gasteiger partial charge is 0.325 e. The van der Waals surface area contributed by atoms with Crippen LogP contribution in [0.3, 0.4) is 0 Å². The smallest absolute Gasteiger partial charge is 0.321 e. The number of benzene rings is 1. The van der Waals surface area contributed by atoms with E-state index in [2.05, 4.69) is 37.5 Å². The quantitative estimate of drug-likeness (QED) is 0.834. The molecule has 2 N–H and O–H groups in total. The van der Waals surface area contributed by atoms with Crippen molar-refractivity contribution in [2.45, 2.75) is 45.7 Å². The molecule has 112 valence electrons. The van der Waals surface area contributed by atoms with Crippen molar-refractivity contribution in [2.24, 2.45) is 0 Å². The summed E-state index contributed by atoms with van der Waals surface area (Å²) in [5.74, 6) is 0. The molecular formula is C16H27N3O. The SMILES string of the molecule is CCC(CC)N(C)C(=O)Nc1cccc(C(C)NC)c1. The molecule has 1 unspecified atom stereocenters. The van der Waals surface area contributed by atoms with E-state index in [1.807, 2.05) is 32.3 Å². The molecule has 0 heterocycles. The van der Waals surface area contributed by atoms with Gasteiger partial charge >= 0.3 is 6.03 Å². The minimum atomic E-state index is -0.0482. The summed E-state index contributed by atoms with van der Waals surface area (Å²) in [5.41, 5.74) is 2.00. The highest BCUT2D eigenvalue weighted by Gasteiger charge is 2.16. The van der Waals surface area contributed by atoms with Crippen molar-refractivity contribution in [1.82, 2.24) is 10.2 Å². The summed E-state index contributed by atoms with van der Waals surface area (Å²) >= 11 is 0. The lowest BCUT2D eigenvalue weighted by Gasteiger charge is -2.26. The maximum Gasteiger partial charge on any atom is 0.321 e. The number of hydrogen-bond acceptors (Lipinski definition) is 2. The molecule has 0 bridgehead atoms. The molecule has 0 aliphatic heterocycles. The van der Waals surface area contributed by atoms with Crippen LogP contribution in [0, 0.1) is 0 Å². The molecule has 4 nitrogen and oxygen atoms in total. The van der Waals surface area contributed by atoms with Crippen molar-refractivity contribution in [2.75, 3.05) is 19.4 Å². The molecule has 0 aromatic heterocycles. The van der Waals surface area contributed by atoms with Gasteiger partial charge in [-0.05, 0) is 44.5 Å². The van der Waals surface area contributed by atoms with Crippen molar-refractivity contribution in [3.05, 3.63) is 29.8 Å². The fraction of sp³-hybridized carbons (Fsp3) is 0.562. The van der Waals surface area contributed by atoms with Gasteiger partial charge in [0.2, 0.25) is 0 Å². The molecular weight excluding hydrogens is 250 g/mol. The lowest BCUT2D eigenvalue weighted by molar-refractivity contribution is 0.200. The van der Waals surface area contributed by atoms with E-state index in [1.165, 1.54) is 0 Å². The zero-order chi connectivity index (χ0) is 15.1. The topological polar surface area (TPSA) is 44.4 Å². The maximum atomic E-state index is 12.2. The standard InChI is InChI=1S/C16H27N3O/c1-6-15(7-2)19(5)16(20)18-14-10-8-9-13(11-14)12(3)17-4/h8-12,15,17H,6-7H2,1-5H3,(H,18,20). The van der Waals surface area contributed by atoms with E-state index in [-0.39, 0.29) is 18.1 Å². The van der Waals surface area contributed by atoms with Crippen LogP contribution < -0.4 is 10.6 Å². The molecule has 1 atom stereocenters. The molecule has 0 aliphatic carbocycles. The summed E-state index contributed by atoms with van der Waals surface area (Å²) in [4.78, 5) is 14.0. The van der Waals surface area contributed by atoms with Gasteiger partial charge < -0.3 is 15.5 Å². The number of rotatable bonds is 6. The van der Waals surface area contributed by atoms with E-state index in [0.29, 0.717) is 0 Å². The molecule has 0 spiro atoms. The van der Waals surface area contributed by atoms with Crippen LogP contribution in [-0.4, -0.2) is 31.1 Å². The molecule has 0 fully saturated rings. The Morgan fingerprint density at radius 1 is 1.30 bits per heavy atom. The second-order valence-corrected chi connectivity index (χ2v) is 5.15. The fourth-order valence-electron chi connectivity index (χ4n) is 2.27. The Kier molecular flexibility index (Phi) is 6.52. The van der Waals surface area contributed by atoms with E-state index >= 15 is 0 Å². The van der Waals surface area contributed by atoms with Gasteiger partial charge in [-0.1, -0.05) is 26.0 Å². The number of nitrogens with zero attached hydrogens (tertiary/aromatic N) is 1. The minimum absolute atomic E-state index is 0.0482. The number of anilines is 1.